The lowest BCUT2D eigenvalue weighted by atomic mass is 10.2. The van der Waals surface area contributed by atoms with Gasteiger partial charge >= 0.3 is 0 Å². The van der Waals surface area contributed by atoms with Crippen molar-refractivity contribution >= 4 is 11.6 Å². The molecule has 0 fully saturated rings. The summed E-state index contributed by atoms with van der Waals surface area (Å²) in [6, 6.07) is 6.04. The van der Waals surface area contributed by atoms with Crippen LogP contribution in [0.1, 0.15) is 26.3 Å². The lowest BCUT2D eigenvalue weighted by Gasteiger charge is -2.23. The molecular formula is C13H20ClNO. The van der Waals surface area contributed by atoms with E-state index in [9.17, 15) is 0 Å². The molecule has 90 valence electrons. The quantitative estimate of drug-likeness (QED) is 0.853. The number of ether oxygens (including phenoxy) is 1. The van der Waals surface area contributed by atoms with Crippen LogP contribution < -0.4 is 10.1 Å². The molecule has 0 spiro atoms. The smallest absolute Gasteiger partial charge is 0.124 e. The van der Waals surface area contributed by atoms with Crippen molar-refractivity contribution in [3.05, 3.63) is 28.8 Å². The van der Waals surface area contributed by atoms with Gasteiger partial charge in [-0.05, 0) is 45.0 Å². The predicted octanol–water partition coefficient (Wildman–Crippen LogP) is 3.41. The van der Waals surface area contributed by atoms with Gasteiger partial charge in [0.15, 0.2) is 0 Å². The Hall–Kier alpha value is -0.730. The average Bonchev–Trinajstić information content (AvgIpc) is 2.23. The van der Waals surface area contributed by atoms with Crippen LogP contribution in [0.5, 0.6) is 5.75 Å². The van der Waals surface area contributed by atoms with Crippen LogP contribution in [0, 0.1) is 6.92 Å². The van der Waals surface area contributed by atoms with Gasteiger partial charge in [-0.15, -0.1) is 0 Å². The summed E-state index contributed by atoms with van der Waals surface area (Å²) in [7, 11) is 0. The van der Waals surface area contributed by atoms with E-state index in [1.54, 1.807) is 0 Å². The van der Waals surface area contributed by atoms with E-state index in [2.05, 4.69) is 26.1 Å². The van der Waals surface area contributed by atoms with E-state index in [0.717, 1.165) is 17.9 Å². The van der Waals surface area contributed by atoms with Gasteiger partial charge in [0.2, 0.25) is 0 Å². The van der Waals surface area contributed by atoms with Crippen LogP contribution in [0.4, 0.5) is 0 Å². The van der Waals surface area contributed by atoms with Gasteiger partial charge in [-0.2, -0.15) is 0 Å². The van der Waals surface area contributed by atoms with Crippen LogP contribution in [0.2, 0.25) is 5.02 Å². The summed E-state index contributed by atoms with van der Waals surface area (Å²) in [5, 5.41) is 4.05. The molecule has 0 aliphatic carbocycles. The molecule has 0 aliphatic heterocycles. The van der Waals surface area contributed by atoms with E-state index in [1.165, 1.54) is 0 Å². The molecule has 0 amide bonds. The predicted molar refractivity (Wildman–Crippen MR) is 69.4 cm³/mol. The summed E-state index contributed by atoms with van der Waals surface area (Å²) in [5.41, 5.74) is 1.11. The summed E-state index contributed by atoms with van der Waals surface area (Å²) in [6.07, 6.45) is 0.122. The second-order valence-electron chi connectivity index (χ2n) is 4.08. The first-order valence-corrected chi connectivity index (χ1v) is 6.08. The van der Waals surface area contributed by atoms with Crippen molar-refractivity contribution in [2.24, 2.45) is 0 Å². The lowest BCUT2D eigenvalue weighted by molar-refractivity contribution is 0.178. The summed E-state index contributed by atoms with van der Waals surface area (Å²) in [5.74, 6) is 0.866. The average molecular weight is 242 g/mol. The van der Waals surface area contributed by atoms with Gasteiger partial charge in [-0.1, -0.05) is 24.6 Å². The topological polar surface area (TPSA) is 21.3 Å². The highest BCUT2D eigenvalue weighted by Gasteiger charge is 2.13. The lowest BCUT2D eigenvalue weighted by Crippen LogP contribution is -2.38. The molecule has 0 aromatic heterocycles. The number of rotatable bonds is 5. The Kier molecular flexibility index (Phi) is 5.10. The maximum Gasteiger partial charge on any atom is 0.124 e. The van der Waals surface area contributed by atoms with Crippen LogP contribution in [-0.2, 0) is 0 Å². The monoisotopic (exact) mass is 241 g/mol. The zero-order valence-corrected chi connectivity index (χ0v) is 11.1. The van der Waals surface area contributed by atoms with E-state index in [-0.39, 0.29) is 6.10 Å². The second kappa shape index (κ2) is 6.12. The zero-order valence-electron chi connectivity index (χ0n) is 10.4. The molecule has 0 aliphatic rings. The third-order valence-corrected chi connectivity index (χ3v) is 2.93. The van der Waals surface area contributed by atoms with Crippen LogP contribution in [0.15, 0.2) is 18.2 Å². The molecule has 2 unspecified atom stereocenters. The normalized spacial score (nSPS) is 14.6. The fraction of sp³-hybridized carbons (Fsp3) is 0.538. The molecule has 1 aromatic carbocycles. The first-order chi connectivity index (χ1) is 7.54. The molecule has 1 N–H and O–H groups in total. The first kappa shape index (κ1) is 13.3. The van der Waals surface area contributed by atoms with Crippen LogP contribution in [0.25, 0.3) is 0 Å². The van der Waals surface area contributed by atoms with Crippen LogP contribution in [-0.4, -0.2) is 18.7 Å². The largest absolute Gasteiger partial charge is 0.489 e. The molecule has 0 saturated carbocycles. The van der Waals surface area contributed by atoms with E-state index in [0.29, 0.717) is 11.1 Å². The highest BCUT2D eigenvalue weighted by molar-refractivity contribution is 6.30. The number of aryl methyl sites for hydroxylation is 1. The van der Waals surface area contributed by atoms with Gasteiger partial charge in [-0.25, -0.2) is 0 Å². The summed E-state index contributed by atoms with van der Waals surface area (Å²) in [4.78, 5) is 0. The molecule has 16 heavy (non-hydrogen) atoms. The molecule has 3 heteroatoms. The summed E-state index contributed by atoms with van der Waals surface area (Å²) >= 11 is 5.95. The summed E-state index contributed by atoms with van der Waals surface area (Å²) < 4.78 is 5.89. The number of halogens is 1. The maximum atomic E-state index is 5.95. The highest BCUT2D eigenvalue weighted by Crippen LogP contribution is 2.23. The summed E-state index contributed by atoms with van der Waals surface area (Å²) in [6.45, 7) is 9.25. The van der Waals surface area contributed by atoms with E-state index in [1.807, 2.05) is 25.1 Å². The Balaban J connectivity index is 2.68. The zero-order chi connectivity index (χ0) is 12.1. The van der Waals surface area contributed by atoms with Gasteiger partial charge in [0.1, 0.15) is 11.9 Å². The maximum absolute atomic E-state index is 5.95. The Labute approximate surface area is 103 Å². The molecule has 0 bridgehead atoms. The van der Waals surface area contributed by atoms with Crippen molar-refractivity contribution in [2.45, 2.75) is 39.8 Å². The third kappa shape index (κ3) is 3.69. The number of likely N-dealkylation sites (N-methyl/N-ethyl adjacent to an activating group) is 1. The standard InChI is InChI=1S/C13H20ClNO/c1-5-15-10(3)11(4)16-13-8-12(14)7-6-9(13)2/h6-8,10-11,15H,5H2,1-4H3. The fourth-order valence-electron chi connectivity index (χ4n) is 1.49. The first-order valence-electron chi connectivity index (χ1n) is 5.70. The molecule has 2 atom stereocenters. The van der Waals surface area contributed by atoms with E-state index >= 15 is 0 Å². The third-order valence-electron chi connectivity index (χ3n) is 2.69. The Bertz CT molecular complexity index is 341. The van der Waals surface area contributed by atoms with E-state index in [4.69, 9.17) is 16.3 Å². The number of hydrogen-bond donors (Lipinski definition) is 1. The fourth-order valence-corrected chi connectivity index (χ4v) is 1.65. The van der Waals surface area contributed by atoms with Gasteiger partial charge in [0.25, 0.3) is 0 Å². The Morgan fingerprint density at radius 3 is 2.69 bits per heavy atom. The van der Waals surface area contributed by atoms with Crippen molar-refractivity contribution in [1.82, 2.24) is 5.32 Å². The molecular weight excluding hydrogens is 222 g/mol. The number of hydrogen-bond acceptors (Lipinski definition) is 2. The van der Waals surface area contributed by atoms with Gasteiger partial charge in [0, 0.05) is 11.1 Å². The molecule has 1 aromatic rings. The van der Waals surface area contributed by atoms with Crippen molar-refractivity contribution in [1.29, 1.82) is 0 Å². The van der Waals surface area contributed by atoms with Crippen molar-refractivity contribution in [3.8, 4) is 5.75 Å². The SMILES string of the molecule is CCNC(C)C(C)Oc1cc(Cl)ccc1C. The number of nitrogens with one attached hydrogen (secondary N) is 1. The minimum absolute atomic E-state index is 0.122. The minimum Gasteiger partial charge on any atom is -0.489 e. The second-order valence-corrected chi connectivity index (χ2v) is 4.52. The Morgan fingerprint density at radius 2 is 2.06 bits per heavy atom. The molecule has 0 saturated heterocycles. The number of benzene rings is 1. The van der Waals surface area contributed by atoms with Gasteiger partial charge < -0.3 is 10.1 Å². The van der Waals surface area contributed by atoms with Gasteiger partial charge in [0.05, 0.1) is 0 Å². The molecule has 2 nitrogen and oxygen atoms in total. The molecule has 1 rings (SSSR count). The van der Waals surface area contributed by atoms with E-state index < -0.39 is 0 Å². The van der Waals surface area contributed by atoms with Crippen LogP contribution >= 0.6 is 11.6 Å². The van der Waals surface area contributed by atoms with Crippen molar-refractivity contribution in [2.75, 3.05) is 6.54 Å². The van der Waals surface area contributed by atoms with Crippen molar-refractivity contribution in [3.63, 3.8) is 0 Å². The highest BCUT2D eigenvalue weighted by atomic mass is 35.5. The molecule has 0 radical (unpaired) electrons. The Morgan fingerprint density at radius 1 is 1.38 bits per heavy atom. The molecule has 0 heterocycles. The van der Waals surface area contributed by atoms with Crippen LogP contribution in [0.3, 0.4) is 0 Å². The minimum atomic E-state index is 0.122. The van der Waals surface area contributed by atoms with Gasteiger partial charge in [-0.3, -0.25) is 0 Å². The van der Waals surface area contributed by atoms with Crippen molar-refractivity contribution < 1.29 is 4.74 Å².